The maximum Gasteiger partial charge on any atom is 0.269 e. The molecule has 1 unspecified atom stereocenters. The lowest BCUT2D eigenvalue weighted by Crippen LogP contribution is -2.20. The summed E-state index contributed by atoms with van der Waals surface area (Å²) < 4.78 is 2.30. The minimum absolute atomic E-state index is 0.107. The van der Waals surface area contributed by atoms with Crippen LogP contribution in [0.3, 0.4) is 0 Å². The van der Waals surface area contributed by atoms with Gasteiger partial charge in [0.2, 0.25) is 0 Å². The van der Waals surface area contributed by atoms with Gasteiger partial charge >= 0.3 is 0 Å². The van der Waals surface area contributed by atoms with Crippen molar-refractivity contribution in [2.75, 3.05) is 0 Å². The second-order valence-corrected chi connectivity index (χ2v) is 9.49. The predicted molar refractivity (Wildman–Crippen MR) is 129 cm³/mol. The van der Waals surface area contributed by atoms with Crippen LogP contribution in [0.25, 0.3) is 11.3 Å². The fourth-order valence-corrected chi connectivity index (χ4v) is 4.70. The van der Waals surface area contributed by atoms with Gasteiger partial charge in [0.15, 0.2) is 4.80 Å². The second kappa shape index (κ2) is 10.1. The van der Waals surface area contributed by atoms with Crippen LogP contribution in [0.1, 0.15) is 57.2 Å². The summed E-state index contributed by atoms with van der Waals surface area (Å²) in [4.78, 5) is 16.7. The molecular weight excluding hydrogens is 406 g/mol. The number of nitrogens with zero attached hydrogens (tertiary/aromatic N) is 3. The van der Waals surface area contributed by atoms with Crippen LogP contribution in [-0.2, 0) is 0 Å². The first kappa shape index (κ1) is 22.9. The molecule has 5 nitrogen and oxygen atoms in total. The molecule has 6 heteroatoms. The zero-order valence-corrected chi connectivity index (χ0v) is 19.8. The van der Waals surface area contributed by atoms with E-state index in [4.69, 9.17) is 4.99 Å². The van der Waals surface area contributed by atoms with Crippen molar-refractivity contribution in [3.8, 4) is 11.3 Å². The van der Waals surface area contributed by atoms with E-state index in [1.165, 1.54) is 12.0 Å². The predicted octanol–water partition coefficient (Wildman–Crippen LogP) is 7.36. The van der Waals surface area contributed by atoms with Gasteiger partial charge in [-0.1, -0.05) is 38.8 Å². The Morgan fingerprint density at radius 2 is 1.77 bits per heavy atom. The molecule has 3 rings (SSSR count). The van der Waals surface area contributed by atoms with Crippen LogP contribution in [0.2, 0.25) is 0 Å². The Hall–Kier alpha value is -2.73. The zero-order chi connectivity index (χ0) is 22.5. The fraction of sp³-hybridized carbons (Fsp3) is 0.400. The van der Waals surface area contributed by atoms with Crippen molar-refractivity contribution in [2.24, 2.45) is 10.9 Å². The van der Waals surface area contributed by atoms with Crippen molar-refractivity contribution in [3.05, 3.63) is 73.9 Å². The summed E-state index contributed by atoms with van der Waals surface area (Å²) in [6, 6.07) is 13.4. The van der Waals surface area contributed by atoms with Crippen molar-refractivity contribution < 1.29 is 4.92 Å². The summed E-state index contributed by atoms with van der Waals surface area (Å²) in [5, 5.41) is 13.2. The number of hydrogen-bond acceptors (Lipinski definition) is 4. The fourth-order valence-electron chi connectivity index (χ4n) is 3.69. The molecule has 0 radical (unpaired) electrons. The lowest BCUT2D eigenvalue weighted by atomic mass is 10.0. The summed E-state index contributed by atoms with van der Waals surface area (Å²) in [6.07, 6.45) is 3.42. The Labute approximate surface area is 188 Å². The number of rotatable bonds is 8. The molecule has 0 aliphatic heterocycles. The van der Waals surface area contributed by atoms with Crippen LogP contribution in [0.15, 0.2) is 52.8 Å². The van der Waals surface area contributed by atoms with E-state index in [1.54, 1.807) is 23.5 Å². The van der Waals surface area contributed by atoms with Gasteiger partial charge in [-0.15, -0.1) is 11.3 Å². The SMILES string of the molecule is Cc1ccc(C)c(N=c2scc(-c3ccc([N+](=O)[O-])cc3)n2C(C)CCCC(C)C)c1. The van der Waals surface area contributed by atoms with E-state index in [0.29, 0.717) is 5.92 Å². The van der Waals surface area contributed by atoms with Crippen LogP contribution < -0.4 is 4.80 Å². The standard InChI is InChI=1S/C25H31N3O2S/c1-17(2)7-6-8-20(5)27-24(21-11-13-22(14-12-21)28(29)30)16-31-25(27)26-23-15-18(3)9-10-19(23)4/h9-17,20H,6-8H2,1-5H3. The highest BCUT2D eigenvalue weighted by Gasteiger charge is 2.16. The molecule has 0 aliphatic carbocycles. The highest BCUT2D eigenvalue weighted by atomic mass is 32.1. The van der Waals surface area contributed by atoms with E-state index in [1.807, 2.05) is 12.1 Å². The Bertz CT molecular complexity index is 1110. The van der Waals surface area contributed by atoms with Crippen molar-refractivity contribution in [1.29, 1.82) is 0 Å². The molecule has 0 fully saturated rings. The highest BCUT2D eigenvalue weighted by molar-refractivity contribution is 7.07. The lowest BCUT2D eigenvalue weighted by Gasteiger charge is -2.18. The van der Waals surface area contributed by atoms with E-state index >= 15 is 0 Å². The third kappa shape index (κ3) is 5.70. The zero-order valence-electron chi connectivity index (χ0n) is 19.0. The summed E-state index contributed by atoms with van der Waals surface area (Å²) in [5.74, 6) is 0.688. The van der Waals surface area contributed by atoms with E-state index in [0.717, 1.165) is 40.2 Å². The van der Waals surface area contributed by atoms with E-state index in [2.05, 4.69) is 62.8 Å². The minimum Gasteiger partial charge on any atom is -0.314 e. The average Bonchev–Trinajstić information content (AvgIpc) is 3.14. The molecule has 3 aromatic rings. The normalized spacial score (nSPS) is 13.0. The minimum atomic E-state index is -0.360. The van der Waals surface area contributed by atoms with Crippen LogP contribution in [0, 0.1) is 29.9 Å². The van der Waals surface area contributed by atoms with Crippen LogP contribution in [0.4, 0.5) is 11.4 Å². The first-order chi connectivity index (χ1) is 14.8. The van der Waals surface area contributed by atoms with E-state index in [9.17, 15) is 10.1 Å². The number of benzene rings is 2. The number of thiazole rings is 1. The number of nitro groups is 1. The summed E-state index contributed by atoms with van der Waals surface area (Å²) in [5.41, 5.74) is 5.46. The molecule has 0 saturated heterocycles. The molecule has 2 aromatic carbocycles. The van der Waals surface area contributed by atoms with Crippen molar-refractivity contribution >= 4 is 22.7 Å². The number of non-ortho nitro benzene ring substituents is 1. The monoisotopic (exact) mass is 437 g/mol. The number of nitro benzene ring substituents is 1. The largest absolute Gasteiger partial charge is 0.314 e. The van der Waals surface area contributed by atoms with E-state index in [-0.39, 0.29) is 16.7 Å². The Morgan fingerprint density at radius 1 is 1.06 bits per heavy atom. The van der Waals surface area contributed by atoms with Gasteiger partial charge in [0, 0.05) is 23.6 Å². The number of hydrogen-bond donors (Lipinski definition) is 0. The first-order valence-electron chi connectivity index (χ1n) is 10.8. The third-order valence-corrected chi connectivity index (χ3v) is 6.38. The molecule has 0 amide bonds. The second-order valence-electron chi connectivity index (χ2n) is 8.65. The molecule has 0 bridgehead atoms. The van der Waals surface area contributed by atoms with Crippen LogP contribution in [0.5, 0.6) is 0 Å². The molecule has 1 heterocycles. The highest BCUT2D eigenvalue weighted by Crippen LogP contribution is 2.28. The lowest BCUT2D eigenvalue weighted by molar-refractivity contribution is -0.384. The summed E-state index contributed by atoms with van der Waals surface area (Å²) >= 11 is 1.62. The first-order valence-corrected chi connectivity index (χ1v) is 11.7. The molecule has 31 heavy (non-hydrogen) atoms. The molecule has 1 aromatic heterocycles. The van der Waals surface area contributed by atoms with Gasteiger partial charge in [-0.25, -0.2) is 4.99 Å². The quantitative estimate of drug-likeness (QED) is 0.273. The molecule has 0 aliphatic rings. The van der Waals surface area contributed by atoms with Gasteiger partial charge in [0.1, 0.15) is 0 Å². The molecule has 0 N–H and O–H groups in total. The maximum absolute atomic E-state index is 11.1. The van der Waals surface area contributed by atoms with Crippen LogP contribution in [-0.4, -0.2) is 9.49 Å². The summed E-state index contributed by atoms with van der Waals surface area (Å²) in [7, 11) is 0. The molecule has 1 atom stereocenters. The average molecular weight is 438 g/mol. The van der Waals surface area contributed by atoms with Gasteiger partial charge in [-0.05, 0) is 68.0 Å². The van der Waals surface area contributed by atoms with Gasteiger partial charge in [0.05, 0.1) is 16.3 Å². The van der Waals surface area contributed by atoms with Gasteiger partial charge in [0.25, 0.3) is 5.69 Å². The molecular formula is C25H31N3O2S. The third-order valence-electron chi connectivity index (χ3n) is 5.54. The molecule has 0 saturated carbocycles. The Kier molecular flexibility index (Phi) is 7.44. The van der Waals surface area contributed by atoms with Crippen molar-refractivity contribution in [1.82, 2.24) is 4.57 Å². The Morgan fingerprint density at radius 3 is 2.42 bits per heavy atom. The van der Waals surface area contributed by atoms with Crippen molar-refractivity contribution in [3.63, 3.8) is 0 Å². The molecule has 164 valence electrons. The van der Waals surface area contributed by atoms with Gasteiger partial charge in [-0.2, -0.15) is 0 Å². The number of aryl methyl sites for hydroxylation is 2. The topological polar surface area (TPSA) is 60.4 Å². The smallest absolute Gasteiger partial charge is 0.269 e. The Balaban J connectivity index is 2.08. The van der Waals surface area contributed by atoms with Gasteiger partial charge < -0.3 is 4.57 Å². The van der Waals surface area contributed by atoms with Crippen molar-refractivity contribution in [2.45, 2.75) is 59.9 Å². The number of aromatic nitrogens is 1. The van der Waals surface area contributed by atoms with E-state index < -0.39 is 0 Å². The maximum atomic E-state index is 11.1. The summed E-state index contributed by atoms with van der Waals surface area (Å²) in [6.45, 7) is 10.9. The van der Waals surface area contributed by atoms with Gasteiger partial charge in [-0.3, -0.25) is 10.1 Å². The van der Waals surface area contributed by atoms with Crippen LogP contribution >= 0.6 is 11.3 Å². The molecule has 0 spiro atoms.